The molecule has 3 heterocycles. The number of aromatic amines is 1. The van der Waals surface area contributed by atoms with E-state index in [1.807, 2.05) is 0 Å². The maximum atomic E-state index is 14.1. The van der Waals surface area contributed by atoms with Gasteiger partial charge in [0.2, 0.25) is 0 Å². The average molecular weight is 395 g/mol. The Hall–Kier alpha value is -3.75. The third kappa shape index (κ3) is 3.31. The van der Waals surface area contributed by atoms with Gasteiger partial charge < -0.3 is 10.7 Å². The van der Waals surface area contributed by atoms with Crippen LogP contribution in [0.2, 0.25) is 0 Å². The maximum Gasteiger partial charge on any atom is 0.167 e. The molecule has 0 spiro atoms. The van der Waals surface area contributed by atoms with Crippen molar-refractivity contribution >= 4 is 16.9 Å². The number of rotatable bonds is 2. The van der Waals surface area contributed by atoms with E-state index in [9.17, 15) is 8.78 Å². The molecule has 0 aliphatic rings. The van der Waals surface area contributed by atoms with Crippen molar-refractivity contribution in [2.75, 3.05) is 5.73 Å². The van der Waals surface area contributed by atoms with E-state index in [0.717, 1.165) is 16.6 Å². The SMILES string of the molecule is Cc1nn(-c2cc(N)[nH]c3nn(C)c(-c4ccc(F)cc4)c3ccn2)c(C)c1F. The molecule has 0 radical (unpaired) electrons. The van der Waals surface area contributed by atoms with Crippen molar-refractivity contribution in [1.82, 2.24) is 29.5 Å². The van der Waals surface area contributed by atoms with E-state index in [4.69, 9.17) is 5.73 Å². The van der Waals surface area contributed by atoms with E-state index < -0.39 is 0 Å². The van der Waals surface area contributed by atoms with Gasteiger partial charge in [-0.3, -0.25) is 4.68 Å². The first kappa shape index (κ1) is 18.6. The second-order valence-corrected chi connectivity index (χ2v) is 6.67. The molecule has 0 aliphatic carbocycles. The number of nitrogen functional groups attached to an aromatic ring is 1. The number of hydrogen-bond donors (Lipinski definition) is 2. The maximum absolute atomic E-state index is 14.1. The van der Waals surface area contributed by atoms with Gasteiger partial charge in [0.15, 0.2) is 17.3 Å². The van der Waals surface area contributed by atoms with E-state index in [1.54, 1.807) is 56.0 Å². The van der Waals surface area contributed by atoms with Gasteiger partial charge in [-0.25, -0.2) is 18.4 Å². The van der Waals surface area contributed by atoms with Crippen molar-refractivity contribution in [3.63, 3.8) is 0 Å². The molecule has 0 fully saturated rings. The first-order valence-electron chi connectivity index (χ1n) is 8.88. The molecule has 0 saturated carbocycles. The number of H-pyrrole nitrogens is 1. The molecule has 4 aromatic rings. The molecule has 9 heteroatoms. The van der Waals surface area contributed by atoms with Gasteiger partial charge in [-0.2, -0.15) is 10.2 Å². The minimum Gasteiger partial charge on any atom is -0.385 e. The number of aromatic nitrogens is 6. The van der Waals surface area contributed by atoms with Crippen molar-refractivity contribution in [3.05, 3.63) is 65.6 Å². The molecule has 0 amide bonds. The third-order valence-electron chi connectivity index (χ3n) is 4.62. The molecule has 3 aromatic heterocycles. The minimum absolute atomic E-state index is 0.269. The number of benzene rings is 1. The summed E-state index contributed by atoms with van der Waals surface area (Å²) in [6.07, 6.45) is 1.58. The van der Waals surface area contributed by atoms with Crippen molar-refractivity contribution in [1.29, 1.82) is 0 Å². The van der Waals surface area contributed by atoms with Crippen LogP contribution in [0.5, 0.6) is 0 Å². The summed E-state index contributed by atoms with van der Waals surface area (Å²) in [4.78, 5) is 7.46. The molecule has 148 valence electrons. The van der Waals surface area contributed by atoms with Crippen LogP contribution in [0.4, 0.5) is 14.6 Å². The quantitative estimate of drug-likeness (QED) is 0.541. The van der Waals surface area contributed by atoms with Gasteiger partial charge in [0.1, 0.15) is 11.6 Å². The minimum atomic E-state index is -0.388. The topological polar surface area (TPSA) is 90.3 Å². The molecule has 4 rings (SSSR count). The number of aryl methyl sites for hydroxylation is 2. The van der Waals surface area contributed by atoms with Gasteiger partial charge in [0, 0.05) is 30.3 Å². The molecule has 7 nitrogen and oxygen atoms in total. The van der Waals surface area contributed by atoms with Gasteiger partial charge in [0.25, 0.3) is 0 Å². The Morgan fingerprint density at radius 3 is 2.41 bits per heavy atom. The van der Waals surface area contributed by atoms with E-state index >= 15 is 0 Å². The molecular formula is C20H19F2N7. The molecule has 0 aliphatic heterocycles. The van der Waals surface area contributed by atoms with Crippen LogP contribution < -0.4 is 5.73 Å². The molecule has 1 aromatic carbocycles. The van der Waals surface area contributed by atoms with Crippen LogP contribution in [-0.2, 0) is 7.05 Å². The molecule has 29 heavy (non-hydrogen) atoms. The number of anilines is 1. The Labute approximate surface area is 165 Å². The molecule has 0 saturated heterocycles. The largest absolute Gasteiger partial charge is 0.385 e. The highest BCUT2D eigenvalue weighted by Crippen LogP contribution is 2.27. The van der Waals surface area contributed by atoms with Gasteiger partial charge in [-0.15, -0.1) is 0 Å². The Balaban J connectivity index is 1.96. The molecule has 0 atom stereocenters. The summed E-state index contributed by atoms with van der Waals surface area (Å²) < 4.78 is 30.5. The molecule has 0 unspecified atom stereocenters. The first-order valence-corrected chi connectivity index (χ1v) is 8.88. The Morgan fingerprint density at radius 2 is 1.76 bits per heavy atom. The number of nitrogens with one attached hydrogen (secondary N) is 1. The van der Waals surface area contributed by atoms with Crippen molar-refractivity contribution in [2.45, 2.75) is 13.8 Å². The summed E-state index contributed by atoms with van der Waals surface area (Å²) in [5.74, 6) is -0.0810. The average Bonchev–Trinajstić information content (AvgIpc) is 3.14. The lowest BCUT2D eigenvalue weighted by Crippen LogP contribution is -2.02. The molecule has 0 bridgehead atoms. The number of halogens is 2. The predicted octanol–water partition coefficient (Wildman–Crippen LogP) is 3.75. The van der Waals surface area contributed by atoms with Gasteiger partial charge in [0.05, 0.1) is 17.1 Å². The van der Waals surface area contributed by atoms with E-state index in [2.05, 4.69) is 20.2 Å². The summed E-state index contributed by atoms with van der Waals surface area (Å²) >= 11 is 0. The number of nitrogens with two attached hydrogens (primary N) is 1. The Bertz CT molecular complexity index is 1260. The lowest BCUT2D eigenvalue weighted by atomic mass is 10.1. The lowest BCUT2D eigenvalue weighted by molar-refractivity contribution is 0.608. The fourth-order valence-electron chi connectivity index (χ4n) is 3.24. The number of nitrogens with zero attached hydrogens (tertiary/aromatic N) is 5. The van der Waals surface area contributed by atoms with Crippen LogP contribution in [0.3, 0.4) is 0 Å². The van der Waals surface area contributed by atoms with E-state index in [-0.39, 0.29) is 23.1 Å². The zero-order valence-corrected chi connectivity index (χ0v) is 16.1. The van der Waals surface area contributed by atoms with Gasteiger partial charge >= 0.3 is 0 Å². The van der Waals surface area contributed by atoms with Crippen LogP contribution in [0.25, 0.3) is 28.1 Å². The summed E-state index contributed by atoms with van der Waals surface area (Å²) in [5.41, 5.74) is 8.83. The summed E-state index contributed by atoms with van der Waals surface area (Å²) in [7, 11) is 1.79. The predicted molar refractivity (Wildman–Crippen MR) is 107 cm³/mol. The van der Waals surface area contributed by atoms with Gasteiger partial charge in [-0.05, 0) is 44.2 Å². The molecular weight excluding hydrogens is 376 g/mol. The fraction of sp³-hybridized carbons (Fsp3) is 0.150. The zero-order valence-electron chi connectivity index (χ0n) is 16.1. The monoisotopic (exact) mass is 395 g/mol. The van der Waals surface area contributed by atoms with Crippen molar-refractivity contribution in [2.24, 2.45) is 7.05 Å². The highest BCUT2D eigenvalue weighted by molar-refractivity contribution is 5.90. The highest BCUT2D eigenvalue weighted by atomic mass is 19.1. The number of fused-ring (bicyclic) bond motifs is 1. The normalized spacial score (nSPS) is 11.1. The zero-order chi connectivity index (χ0) is 20.7. The summed E-state index contributed by atoms with van der Waals surface area (Å²) in [6.45, 7) is 3.21. The van der Waals surface area contributed by atoms with Crippen molar-refractivity contribution < 1.29 is 8.78 Å². The van der Waals surface area contributed by atoms with E-state index in [1.165, 1.54) is 16.8 Å². The van der Waals surface area contributed by atoms with Crippen LogP contribution in [0, 0.1) is 25.5 Å². The van der Waals surface area contributed by atoms with E-state index in [0.29, 0.717) is 17.2 Å². The standard InChI is InChI=1S/C20H19F2N7/c1-11-18(22)12(2)29(26-11)17-10-16(23)25-20-15(8-9-24-17)19(28(3)27-20)13-4-6-14(21)7-5-13/h4-10H,23H2,1-3H3,(H,25,27). The van der Waals surface area contributed by atoms with Crippen LogP contribution in [0.1, 0.15) is 11.4 Å². The van der Waals surface area contributed by atoms with Crippen LogP contribution in [0.15, 0.2) is 42.6 Å². The fourth-order valence-corrected chi connectivity index (χ4v) is 3.24. The molecule has 3 N–H and O–H groups in total. The van der Waals surface area contributed by atoms with Gasteiger partial charge in [-0.1, -0.05) is 0 Å². The highest BCUT2D eigenvalue weighted by Gasteiger charge is 2.14. The van der Waals surface area contributed by atoms with Crippen molar-refractivity contribution in [3.8, 4) is 17.1 Å². The Kier molecular flexibility index (Phi) is 4.50. The van der Waals surface area contributed by atoms with Crippen LogP contribution in [-0.4, -0.2) is 29.5 Å². The summed E-state index contributed by atoms with van der Waals surface area (Å²) in [6, 6.07) is 9.47. The second kappa shape index (κ2) is 7.01. The second-order valence-electron chi connectivity index (χ2n) is 6.67. The first-order chi connectivity index (χ1) is 13.8. The Morgan fingerprint density at radius 1 is 1.03 bits per heavy atom. The lowest BCUT2D eigenvalue weighted by Gasteiger charge is -2.02. The third-order valence-corrected chi connectivity index (χ3v) is 4.62. The summed E-state index contributed by atoms with van der Waals surface area (Å²) in [5, 5.41) is 9.41. The smallest absolute Gasteiger partial charge is 0.167 e. The van der Waals surface area contributed by atoms with Crippen LogP contribution >= 0.6 is 0 Å². The number of hydrogen-bond acceptors (Lipinski definition) is 4.